The summed E-state index contributed by atoms with van der Waals surface area (Å²) in [6.07, 6.45) is 0. The summed E-state index contributed by atoms with van der Waals surface area (Å²) in [4.78, 5) is 0.206. The molecule has 0 amide bonds. The molecule has 1 aliphatic carbocycles. The average Bonchev–Trinajstić information content (AvgIpc) is 3.79. The topological polar surface area (TPSA) is 0 Å². The number of hydrogen-bond donors (Lipinski definition) is 0. The van der Waals surface area contributed by atoms with Gasteiger partial charge in [0.15, 0.2) is 20.5 Å². The van der Waals surface area contributed by atoms with Crippen LogP contribution >= 0.6 is 68.0 Å². The highest BCUT2D eigenvalue weighted by Crippen LogP contribution is 2.67. The molecule has 0 aliphatic heterocycles. The fraction of sp³-hybridized carbons (Fsp3) is 0.103. The highest BCUT2D eigenvalue weighted by molar-refractivity contribution is 7.27. The van der Waals surface area contributed by atoms with Crippen LogP contribution in [0.15, 0.2) is 60.7 Å². The molecule has 0 N–H and O–H groups in total. The molecule has 16 heteroatoms. The standard InChI is InChI=1S/C29H10F10S6/c30-19-5-1-13(40-19)17-9-11(25(44-17)15-3-7-21(32)42-15)23-24(28(36,37)29(38,39)27(23,34)35)12-10-18(14-2-6-20(31)41-14)45-26(12)16-4-8-22(33)43-16/h1-10H. The minimum absolute atomic E-state index is 0.00224. The van der Waals surface area contributed by atoms with Crippen LogP contribution in [-0.2, 0) is 0 Å². The zero-order valence-electron chi connectivity index (χ0n) is 21.5. The van der Waals surface area contributed by atoms with E-state index in [1.807, 2.05) is 0 Å². The Morgan fingerprint density at radius 1 is 0.378 bits per heavy atom. The van der Waals surface area contributed by atoms with E-state index in [9.17, 15) is 17.6 Å². The van der Waals surface area contributed by atoms with Crippen molar-refractivity contribution in [3.05, 3.63) is 92.3 Å². The monoisotopic (exact) mass is 740 g/mol. The summed E-state index contributed by atoms with van der Waals surface area (Å²) < 4.78 is 151. The smallest absolute Gasteiger partial charge is 0.195 e. The van der Waals surface area contributed by atoms with E-state index in [1.165, 1.54) is 24.3 Å². The zero-order chi connectivity index (χ0) is 32.1. The van der Waals surface area contributed by atoms with Gasteiger partial charge >= 0.3 is 17.8 Å². The summed E-state index contributed by atoms with van der Waals surface area (Å²) in [5.41, 5.74) is -4.80. The van der Waals surface area contributed by atoms with E-state index < -0.39 is 60.6 Å². The first-order chi connectivity index (χ1) is 21.2. The Balaban J connectivity index is 1.58. The highest BCUT2D eigenvalue weighted by Gasteiger charge is 2.80. The fourth-order valence-corrected chi connectivity index (χ4v) is 10.6. The van der Waals surface area contributed by atoms with Gasteiger partial charge in [0.2, 0.25) is 0 Å². The molecule has 0 aromatic carbocycles. The molecule has 0 nitrogen and oxygen atoms in total. The lowest BCUT2D eigenvalue weighted by Gasteiger charge is -2.25. The van der Waals surface area contributed by atoms with Crippen molar-refractivity contribution in [3.8, 4) is 39.0 Å². The Kier molecular flexibility index (Phi) is 7.30. The quantitative estimate of drug-likeness (QED) is 0.149. The molecule has 6 aromatic heterocycles. The predicted octanol–water partition coefficient (Wildman–Crippen LogP) is 13.1. The third kappa shape index (κ3) is 4.78. The van der Waals surface area contributed by atoms with E-state index in [4.69, 9.17) is 0 Å². The van der Waals surface area contributed by atoms with Crippen LogP contribution in [0.25, 0.3) is 50.2 Å². The van der Waals surface area contributed by atoms with Crippen LogP contribution < -0.4 is 0 Å². The average molecular weight is 741 g/mol. The van der Waals surface area contributed by atoms with Crippen molar-refractivity contribution in [1.82, 2.24) is 0 Å². The normalized spacial score (nSPS) is 17.1. The van der Waals surface area contributed by atoms with Crippen LogP contribution in [0, 0.1) is 20.5 Å². The summed E-state index contributed by atoms with van der Waals surface area (Å²) in [7, 11) is 0. The summed E-state index contributed by atoms with van der Waals surface area (Å²) in [6.45, 7) is 0. The Morgan fingerprint density at radius 3 is 0.978 bits per heavy atom. The van der Waals surface area contributed by atoms with Crippen molar-refractivity contribution in [2.75, 3.05) is 0 Å². The van der Waals surface area contributed by atoms with Crippen molar-refractivity contribution in [2.24, 2.45) is 0 Å². The molecule has 0 unspecified atom stereocenters. The van der Waals surface area contributed by atoms with Crippen molar-refractivity contribution in [3.63, 3.8) is 0 Å². The van der Waals surface area contributed by atoms with Crippen LogP contribution in [-0.4, -0.2) is 17.8 Å². The molecule has 0 radical (unpaired) electrons. The van der Waals surface area contributed by atoms with Gasteiger partial charge in [-0.25, -0.2) is 0 Å². The maximum absolute atomic E-state index is 16.0. The molecule has 0 atom stereocenters. The summed E-state index contributed by atoms with van der Waals surface area (Å²) in [5.74, 6) is -16.8. The van der Waals surface area contributed by atoms with Crippen LogP contribution in [0.2, 0.25) is 0 Å². The van der Waals surface area contributed by atoms with Crippen LogP contribution in [0.5, 0.6) is 0 Å². The lowest BCUT2D eigenvalue weighted by Crippen LogP contribution is -2.48. The number of hydrogen-bond acceptors (Lipinski definition) is 6. The SMILES string of the molecule is Fc1ccc(-c2cc(C3=C(c4cc(-c5ccc(F)s5)sc4-c4ccc(F)s4)C(F)(F)C(F)(F)C3(F)F)c(-c3ccc(F)s3)s2)s1. The maximum Gasteiger partial charge on any atom is 0.380 e. The molecule has 6 aromatic rings. The first-order valence-electron chi connectivity index (χ1n) is 12.4. The van der Waals surface area contributed by atoms with Crippen molar-refractivity contribution in [2.45, 2.75) is 17.8 Å². The Hall–Kier alpha value is -2.76. The second-order valence-electron chi connectivity index (χ2n) is 9.60. The van der Waals surface area contributed by atoms with Crippen LogP contribution in [0.3, 0.4) is 0 Å². The van der Waals surface area contributed by atoms with E-state index in [2.05, 4.69) is 0 Å². The number of thiophene rings is 6. The van der Waals surface area contributed by atoms with Crippen LogP contribution in [0.1, 0.15) is 11.1 Å². The molecule has 7 rings (SSSR count). The van der Waals surface area contributed by atoms with Crippen molar-refractivity contribution >= 4 is 79.2 Å². The van der Waals surface area contributed by atoms with E-state index in [1.54, 1.807) is 0 Å². The minimum atomic E-state index is -5.92. The lowest BCUT2D eigenvalue weighted by atomic mass is 9.94. The summed E-state index contributed by atoms with van der Waals surface area (Å²) in [6, 6.07) is 11.2. The van der Waals surface area contributed by atoms with Gasteiger partial charge in [-0.15, -0.1) is 68.0 Å². The summed E-state index contributed by atoms with van der Waals surface area (Å²) >= 11 is 3.68. The van der Waals surface area contributed by atoms with Gasteiger partial charge < -0.3 is 0 Å². The Bertz CT molecular complexity index is 1970. The third-order valence-electron chi connectivity index (χ3n) is 6.90. The second kappa shape index (κ2) is 10.6. The highest BCUT2D eigenvalue weighted by atomic mass is 32.1. The molecular formula is C29H10F10S6. The van der Waals surface area contributed by atoms with E-state index in [-0.39, 0.29) is 39.0 Å². The molecule has 45 heavy (non-hydrogen) atoms. The van der Waals surface area contributed by atoms with Gasteiger partial charge in [-0.1, -0.05) is 0 Å². The van der Waals surface area contributed by atoms with E-state index in [0.717, 1.165) is 59.1 Å². The Labute approximate surface area is 270 Å². The summed E-state index contributed by atoms with van der Waals surface area (Å²) in [5, 5.41) is -2.78. The van der Waals surface area contributed by atoms with E-state index >= 15 is 26.3 Å². The molecule has 0 spiro atoms. The molecule has 232 valence electrons. The van der Waals surface area contributed by atoms with Gasteiger partial charge in [0.05, 0.1) is 9.75 Å². The molecular weight excluding hydrogens is 731 g/mol. The largest absolute Gasteiger partial charge is 0.380 e. The third-order valence-corrected chi connectivity index (χ3v) is 13.4. The van der Waals surface area contributed by atoms with Crippen molar-refractivity contribution in [1.29, 1.82) is 0 Å². The zero-order valence-corrected chi connectivity index (χ0v) is 26.4. The molecule has 0 fully saturated rings. The first-order valence-corrected chi connectivity index (χ1v) is 17.3. The molecule has 1 aliphatic rings. The van der Waals surface area contributed by atoms with Gasteiger partial charge in [0.25, 0.3) is 0 Å². The van der Waals surface area contributed by atoms with Gasteiger partial charge in [-0.2, -0.15) is 43.9 Å². The second-order valence-corrected chi connectivity index (χ2v) is 15.8. The molecule has 0 saturated heterocycles. The van der Waals surface area contributed by atoms with Gasteiger partial charge in [-0.05, 0) is 60.7 Å². The number of alkyl halides is 6. The van der Waals surface area contributed by atoms with Crippen molar-refractivity contribution < 1.29 is 43.9 Å². The first kappa shape index (κ1) is 30.9. The van der Waals surface area contributed by atoms with Crippen LogP contribution in [0.4, 0.5) is 43.9 Å². The molecule has 6 heterocycles. The fourth-order valence-electron chi connectivity index (χ4n) is 4.96. The number of rotatable bonds is 6. The van der Waals surface area contributed by atoms with E-state index in [0.29, 0.717) is 45.3 Å². The number of allylic oxidation sites excluding steroid dienone is 2. The Morgan fingerprint density at radius 2 is 0.689 bits per heavy atom. The maximum atomic E-state index is 16.0. The van der Waals surface area contributed by atoms with Gasteiger partial charge in [0.1, 0.15) is 0 Å². The molecule has 0 bridgehead atoms. The molecule has 0 saturated carbocycles. The predicted molar refractivity (Wildman–Crippen MR) is 163 cm³/mol. The number of halogens is 10. The minimum Gasteiger partial charge on any atom is -0.195 e. The lowest BCUT2D eigenvalue weighted by molar-refractivity contribution is -0.254. The van der Waals surface area contributed by atoms with Gasteiger partial charge in [-0.3, -0.25) is 0 Å². The van der Waals surface area contributed by atoms with Gasteiger partial charge in [0, 0.05) is 51.5 Å².